The van der Waals surface area contributed by atoms with E-state index >= 15 is 0 Å². The third-order valence-electron chi connectivity index (χ3n) is 4.92. The molecule has 1 N–H and O–H groups in total. The van der Waals surface area contributed by atoms with Crippen LogP contribution in [-0.2, 0) is 11.2 Å². The lowest BCUT2D eigenvalue weighted by Crippen LogP contribution is -2.45. The zero-order valence-corrected chi connectivity index (χ0v) is 14.6. The number of nitrogens with zero attached hydrogens (tertiary/aromatic N) is 2. The van der Waals surface area contributed by atoms with E-state index in [1.165, 1.54) is 41.3 Å². The molecule has 0 aromatic carbocycles. The molecule has 2 unspecified atom stereocenters. The Kier molecular flexibility index (Phi) is 5.19. The summed E-state index contributed by atoms with van der Waals surface area (Å²) < 4.78 is 10.4. The average molecular weight is 328 g/mol. The van der Waals surface area contributed by atoms with E-state index < -0.39 is 0 Å². The summed E-state index contributed by atoms with van der Waals surface area (Å²) in [5, 5.41) is 7.84. The van der Waals surface area contributed by atoms with Crippen molar-refractivity contribution in [1.82, 2.24) is 14.9 Å². The molecule has 2 fully saturated rings. The SMILES string of the molecule is CCc1nnsc1C(NC)C1CCOC2(CCSCC2)C1. The minimum atomic E-state index is 0.147. The maximum Gasteiger partial charge on any atom is 0.0801 e. The molecule has 118 valence electrons. The first-order valence-electron chi connectivity index (χ1n) is 7.98. The van der Waals surface area contributed by atoms with Crippen LogP contribution in [0.25, 0.3) is 0 Å². The number of hydrogen-bond acceptors (Lipinski definition) is 6. The molecule has 0 saturated carbocycles. The highest BCUT2D eigenvalue weighted by Gasteiger charge is 2.41. The molecule has 0 radical (unpaired) electrons. The summed E-state index contributed by atoms with van der Waals surface area (Å²) in [5.74, 6) is 3.14. The van der Waals surface area contributed by atoms with Crippen LogP contribution in [0.5, 0.6) is 0 Å². The highest BCUT2D eigenvalue weighted by molar-refractivity contribution is 7.99. The summed E-state index contributed by atoms with van der Waals surface area (Å²) >= 11 is 3.64. The van der Waals surface area contributed by atoms with Gasteiger partial charge in [0.25, 0.3) is 0 Å². The number of aryl methyl sites for hydroxylation is 1. The number of thioether (sulfide) groups is 1. The van der Waals surface area contributed by atoms with Crippen LogP contribution < -0.4 is 5.32 Å². The quantitative estimate of drug-likeness (QED) is 0.921. The standard InChI is InChI=1S/C15H25N3OS2/c1-3-12-14(21-18-17-12)13(16-2)11-4-7-19-15(10-11)5-8-20-9-6-15/h11,13,16H,3-10H2,1-2H3. The van der Waals surface area contributed by atoms with Crippen LogP contribution in [-0.4, -0.2) is 40.3 Å². The Morgan fingerprint density at radius 3 is 2.95 bits per heavy atom. The highest BCUT2D eigenvalue weighted by Crippen LogP contribution is 2.44. The maximum absolute atomic E-state index is 6.24. The van der Waals surface area contributed by atoms with E-state index in [0.717, 1.165) is 19.4 Å². The number of ether oxygens (including phenoxy) is 1. The molecule has 6 heteroatoms. The van der Waals surface area contributed by atoms with E-state index in [1.807, 2.05) is 0 Å². The van der Waals surface area contributed by atoms with Crippen LogP contribution in [0, 0.1) is 5.92 Å². The topological polar surface area (TPSA) is 47.0 Å². The van der Waals surface area contributed by atoms with Gasteiger partial charge in [0.1, 0.15) is 0 Å². The summed E-state index contributed by atoms with van der Waals surface area (Å²) in [7, 11) is 2.07. The molecular weight excluding hydrogens is 302 g/mol. The third kappa shape index (κ3) is 3.28. The zero-order valence-electron chi connectivity index (χ0n) is 12.9. The minimum absolute atomic E-state index is 0.147. The van der Waals surface area contributed by atoms with E-state index in [-0.39, 0.29) is 5.60 Å². The van der Waals surface area contributed by atoms with Gasteiger partial charge in [-0.15, -0.1) is 5.10 Å². The second-order valence-corrected chi connectivity index (χ2v) is 8.11. The van der Waals surface area contributed by atoms with Gasteiger partial charge in [0, 0.05) is 12.6 Å². The maximum atomic E-state index is 6.24. The van der Waals surface area contributed by atoms with Gasteiger partial charge in [-0.25, -0.2) is 0 Å². The smallest absolute Gasteiger partial charge is 0.0801 e. The van der Waals surface area contributed by atoms with Gasteiger partial charge in [0.05, 0.1) is 16.2 Å². The van der Waals surface area contributed by atoms with Crippen LogP contribution in [0.3, 0.4) is 0 Å². The zero-order chi connectivity index (χ0) is 14.7. The Bertz CT molecular complexity index is 454. The second-order valence-electron chi connectivity index (χ2n) is 6.10. The monoisotopic (exact) mass is 327 g/mol. The van der Waals surface area contributed by atoms with Crippen molar-refractivity contribution in [3.8, 4) is 0 Å². The number of rotatable bonds is 4. The Hall–Kier alpha value is -0.170. The van der Waals surface area contributed by atoms with E-state index in [1.54, 1.807) is 11.5 Å². The number of aromatic nitrogens is 2. The van der Waals surface area contributed by atoms with E-state index in [4.69, 9.17) is 4.74 Å². The molecule has 1 spiro atoms. The fourth-order valence-electron chi connectivity index (χ4n) is 3.72. The molecule has 0 aliphatic carbocycles. The molecule has 4 nitrogen and oxygen atoms in total. The third-order valence-corrected chi connectivity index (χ3v) is 6.76. The van der Waals surface area contributed by atoms with Gasteiger partial charge < -0.3 is 10.1 Å². The van der Waals surface area contributed by atoms with Crippen molar-refractivity contribution in [1.29, 1.82) is 0 Å². The molecule has 2 atom stereocenters. The van der Waals surface area contributed by atoms with Gasteiger partial charge in [-0.3, -0.25) is 0 Å². The average Bonchev–Trinajstić information content (AvgIpc) is 2.97. The normalized spacial score (nSPS) is 26.9. The Labute approximate surface area is 135 Å². The molecule has 0 bridgehead atoms. The number of hydrogen-bond donors (Lipinski definition) is 1. The van der Waals surface area contributed by atoms with Crippen LogP contribution in [0.2, 0.25) is 0 Å². The molecule has 0 amide bonds. The van der Waals surface area contributed by atoms with Crippen molar-refractivity contribution in [2.75, 3.05) is 25.2 Å². The predicted molar refractivity (Wildman–Crippen MR) is 89.1 cm³/mol. The van der Waals surface area contributed by atoms with Crippen LogP contribution in [0.1, 0.15) is 49.2 Å². The van der Waals surface area contributed by atoms with Gasteiger partial charge in [0.2, 0.25) is 0 Å². The van der Waals surface area contributed by atoms with E-state index in [2.05, 4.69) is 40.6 Å². The summed E-state index contributed by atoms with van der Waals surface area (Å²) in [6.45, 7) is 3.07. The molecule has 2 saturated heterocycles. The van der Waals surface area contributed by atoms with E-state index in [0.29, 0.717) is 12.0 Å². The fourth-order valence-corrected chi connectivity index (χ4v) is 5.90. The second kappa shape index (κ2) is 6.94. The summed E-state index contributed by atoms with van der Waals surface area (Å²) in [4.78, 5) is 1.34. The first kappa shape index (κ1) is 15.7. The van der Waals surface area contributed by atoms with Crippen molar-refractivity contribution < 1.29 is 4.74 Å². The van der Waals surface area contributed by atoms with Crippen molar-refractivity contribution >= 4 is 23.3 Å². The van der Waals surface area contributed by atoms with Gasteiger partial charge in [-0.05, 0) is 68.1 Å². The lowest BCUT2D eigenvalue weighted by Gasteiger charge is -2.45. The highest BCUT2D eigenvalue weighted by atomic mass is 32.2. The molecule has 21 heavy (non-hydrogen) atoms. The van der Waals surface area contributed by atoms with Gasteiger partial charge in [0.15, 0.2) is 0 Å². The summed E-state index contributed by atoms with van der Waals surface area (Å²) in [6, 6.07) is 0.385. The van der Waals surface area contributed by atoms with Gasteiger partial charge in [-0.2, -0.15) is 11.8 Å². The lowest BCUT2D eigenvalue weighted by atomic mass is 9.78. The molecule has 3 heterocycles. The van der Waals surface area contributed by atoms with Gasteiger partial charge in [-0.1, -0.05) is 11.4 Å². The summed E-state index contributed by atoms with van der Waals surface area (Å²) in [5.41, 5.74) is 1.31. The summed E-state index contributed by atoms with van der Waals surface area (Å²) in [6.07, 6.45) is 5.72. The van der Waals surface area contributed by atoms with Crippen molar-refractivity contribution in [3.05, 3.63) is 10.6 Å². The Morgan fingerprint density at radius 2 is 2.24 bits per heavy atom. The lowest BCUT2D eigenvalue weighted by molar-refractivity contribution is -0.107. The largest absolute Gasteiger partial charge is 0.375 e. The molecule has 2 aliphatic rings. The van der Waals surface area contributed by atoms with Crippen molar-refractivity contribution in [2.45, 2.75) is 50.7 Å². The van der Waals surface area contributed by atoms with Crippen LogP contribution in [0.15, 0.2) is 0 Å². The molecule has 3 rings (SSSR count). The van der Waals surface area contributed by atoms with Crippen molar-refractivity contribution in [2.24, 2.45) is 5.92 Å². The first-order valence-corrected chi connectivity index (χ1v) is 9.91. The molecular formula is C15H25N3OS2. The molecule has 1 aromatic rings. The Morgan fingerprint density at radius 1 is 1.43 bits per heavy atom. The van der Waals surface area contributed by atoms with Crippen LogP contribution >= 0.6 is 23.3 Å². The van der Waals surface area contributed by atoms with Gasteiger partial charge >= 0.3 is 0 Å². The Balaban J connectivity index is 1.77. The fraction of sp³-hybridized carbons (Fsp3) is 0.867. The number of nitrogens with one attached hydrogen (secondary N) is 1. The van der Waals surface area contributed by atoms with E-state index in [9.17, 15) is 0 Å². The first-order chi connectivity index (χ1) is 10.3. The minimum Gasteiger partial charge on any atom is -0.375 e. The van der Waals surface area contributed by atoms with Crippen molar-refractivity contribution in [3.63, 3.8) is 0 Å². The molecule has 2 aliphatic heterocycles. The van der Waals surface area contributed by atoms with Crippen LogP contribution in [0.4, 0.5) is 0 Å². The predicted octanol–water partition coefficient (Wildman–Crippen LogP) is 3.05. The molecule has 1 aromatic heterocycles.